The molecule has 0 saturated carbocycles. The van der Waals surface area contributed by atoms with Crippen molar-refractivity contribution in [2.24, 2.45) is 0 Å². The van der Waals surface area contributed by atoms with Gasteiger partial charge in [-0.05, 0) is 44.1 Å². The second-order valence-electron chi connectivity index (χ2n) is 12.3. The SMILES string of the molecule is COc1ccc2c3c1O[C@@H]1C(OC(=O)[C@H](OC(C)=O)[C@@H](OC(C)=O)C(=O)O[C@H](C(=O)O)c4ccccc4)=CC[C@]4(O)[C@H](C2)N(C)CC[C@@]314. The van der Waals surface area contributed by atoms with Gasteiger partial charge in [-0.3, -0.25) is 9.59 Å². The number of benzene rings is 2. The number of carbonyl (C=O) groups excluding carboxylic acids is 4. The first-order valence-electron chi connectivity index (χ1n) is 15.4. The van der Waals surface area contributed by atoms with E-state index in [1.807, 2.05) is 13.1 Å². The number of aliphatic hydroxyl groups is 1. The lowest BCUT2D eigenvalue weighted by atomic mass is 9.50. The van der Waals surface area contributed by atoms with Crippen LogP contribution in [0.3, 0.4) is 0 Å². The van der Waals surface area contributed by atoms with E-state index in [0.29, 0.717) is 30.9 Å². The molecule has 2 bridgehead atoms. The fraction of sp³-hybridized carbons (Fsp3) is 0.441. The smallest absolute Gasteiger partial charge is 0.357 e. The van der Waals surface area contributed by atoms with Gasteiger partial charge in [-0.1, -0.05) is 36.4 Å². The summed E-state index contributed by atoms with van der Waals surface area (Å²) in [5.74, 6) is -5.58. The molecule has 2 aliphatic carbocycles. The van der Waals surface area contributed by atoms with E-state index in [0.717, 1.165) is 25.0 Å². The van der Waals surface area contributed by atoms with E-state index in [9.17, 15) is 34.2 Å². The maximum atomic E-state index is 13.9. The second kappa shape index (κ2) is 12.3. The summed E-state index contributed by atoms with van der Waals surface area (Å²) < 4.78 is 33.4. The van der Waals surface area contributed by atoms with Gasteiger partial charge in [0.05, 0.1) is 18.1 Å². The normalized spacial score (nSPS) is 26.7. The van der Waals surface area contributed by atoms with Gasteiger partial charge in [0.2, 0.25) is 18.3 Å². The predicted molar refractivity (Wildman–Crippen MR) is 162 cm³/mol. The van der Waals surface area contributed by atoms with Crippen LogP contribution in [0.1, 0.15) is 49.5 Å². The fourth-order valence-electron chi connectivity index (χ4n) is 7.66. The first-order chi connectivity index (χ1) is 22.8. The summed E-state index contributed by atoms with van der Waals surface area (Å²) in [4.78, 5) is 65.8. The van der Waals surface area contributed by atoms with Crippen LogP contribution >= 0.6 is 0 Å². The third-order valence-corrected chi connectivity index (χ3v) is 9.66. The summed E-state index contributed by atoms with van der Waals surface area (Å²) in [6.07, 6.45) is -4.71. The van der Waals surface area contributed by atoms with Gasteiger partial charge in [-0.25, -0.2) is 14.4 Å². The molecule has 2 heterocycles. The number of carboxylic acids is 1. The lowest BCUT2D eigenvalue weighted by Gasteiger charge is -2.61. The number of rotatable bonds is 10. The van der Waals surface area contributed by atoms with Gasteiger partial charge >= 0.3 is 29.8 Å². The maximum Gasteiger partial charge on any atom is 0.357 e. The van der Waals surface area contributed by atoms with Crippen molar-refractivity contribution in [3.05, 3.63) is 71.0 Å². The molecule has 1 spiro atoms. The molecule has 2 aliphatic heterocycles. The van der Waals surface area contributed by atoms with E-state index in [1.54, 1.807) is 12.1 Å². The van der Waals surface area contributed by atoms with Gasteiger partial charge in [-0.2, -0.15) is 0 Å². The molecule has 1 saturated heterocycles. The van der Waals surface area contributed by atoms with Gasteiger partial charge in [0.15, 0.2) is 17.6 Å². The van der Waals surface area contributed by atoms with E-state index in [-0.39, 0.29) is 23.8 Å². The molecular formula is C34H35NO13. The monoisotopic (exact) mass is 665 g/mol. The van der Waals surface area contributed by atoms with Crippen molar-refractivity contribution < 1.29 is 62.6 Å². The summed E-state index contributed by atoms with van der Waals surface area (Å²) in [5.41, 5.74) is -0.528. The highest BCUT2D eigenvalue weighted by atomic mass is 16.6. The van der Waals surface area contributed by atoms with E-state index < -0.39 is 65.3 Å². The van der Waals surface area contributed by atoms with Gasteiger partial charge < -0.3 is 43.5 Å². The van der Waals surface area contributed by atoms with Crippen molar-refractivity contribution in [2.45, 2.75) is 74.6 Å². The number of ether oxygens (including phenoxy) is 6. The van der Waals surface area contributed by atoms with Crippen molar-refractivity contribution in [3.63, 3.8) is 0 Å². The number of carboxylic acid groups (broad SMARTS) is 1. The van der Waals surface area contributed by atoms with Crippen molar-refractivity contribution in [3.8, 4) is 11.5 Å². The van der Waals surface area contributed by atoms with Crippen molar-refractivity contribution in [2.75, 3.05) is 20.7 Å². The summed E-state index contributed by atoms with van der Waals surface area (Å²) in [7, 11) is 3.44. The second-order valence-corrected chi connectivity index (χ2v) is 12.3. The third-order valence-electron chi connectivity index (χ3n) is 9.66. The van der Waals surface area contributed by atoms with Crippen LogP contribution < -0.4 is 9.47 Å². The van der Waals surface area contributed by atoms with E-state index in [4.69, 9.17) is 28.4 Å². The van der Waals surface area contributed by atoms with Crippen molar-refractivity contribution in [1.29, 1.82) is 0 Å². The molecule has 2 aromatic rings. The van der Waals surface area contributed by atoms with E-state index >= 15 is 0 Å². The highest BCUT2D eigenvalue weighted by Crippen LogP contribution is 2.65. The number of carbonyl (C=O) groups is 5. The van der Waals surface area contributed by atoms with Gasteiger partial charge in [0, 0.05) is 37.4 Å². The third kappa shape index (κ3) is 5.15. The minimum atomic E-state index is -2.24. The minimum Gasteiger partial charge on any atom is -0.493 e. The molecule has 14 heteroatoms. The van der Waals surface area contributed by atoms with Crippen LogP contribution in [0, 0.1) is 0 Å². The Balaban J connectivity index is 1.35. The van der Waals surface area contributed by atoms with Gasteiger partial charge in [0.1, 0.15) is 5.76 Å². The first-order valence-corrected chi connectivity index (χ1v) is 15.4. The van der Waals surface area contributed by atoms with Crippen LogP contribution in [0.2, 0.25) is 0 Å². The van der Waals surface area contributed by atoms with Crippen molar-refractivity contribution in [1.82, 2.24) is 4.90 Å². The number of esters is 4. The van der Waals surface area contributed by atoms with Crippen LogP contribution in [0.4, 0.5) is 0 Å². The van der Waals surface area contributed by atoms with Crippen LogP contribution in [-0.4, -0.2) is 95.6 Å². The molecule has 48 heavy (non-hydrogen) atoms. The number of piperidine rings is 1. The average Bonchev–Trinajstić information content (AvgIpc) is 3.40. The number of methoxy groups -OCH3 is 1. The molecule has 0 aromatic heterocycles. The molecule has 0 unspecified atom stereocenters. The molecule has 254 valence electrons. The Morgan fingerprint density at radius 2 is 1.62 bits per heavy atom. The zero-order valence-electron chi connectivity index (χ0n) is 26.7. The predicted octanol–water partition coefficient (Wildman–Crippen LogP) is 1.75. The molecule has 2 aromatic carbocycles. The van der Waals surface area contributed by atoms with E-state index in [1.165, 1.54) is 37.5 Å². The molecule has 14 nitrogen and oxygen atoms in total. The zero-order chi connectivity index (χ0) is 34.5. The van der Waals surface area contributed by atoms with E-state index in [2.05, 4.69) is 4.90 Å². The zero-order valence-corrected chi connectivity index (χ0v) is 26.7. The van der Waals surface area contributed by atoms with Crippen LogP contribution in [0.15, 0.2) is 54.3 Å². The minimum absolute atomic E-state index is 0.0149. The lowest BCUT2D eigenvalue weighted by molar-refractivity contribution is -0.195. The number of likely N-dealkylation sites (N-methyl/N-ethyl adjacent to an activating group) is 1. The Kier molecular flexibility index (Phi) is 8.42. The first kappa shape index (κ1) is 33.0. The lowest BCUT2D eigenvalue weighted by Crippen LogP contribution is -2.74. The molecule has 0 radical (unpaired) electrons. The number of hydrogen-bond donors (Lipinski definition) is 2. The quantitative estimate of drug-likeness (QED) is 0.276. The highest BCUT2D eigenvalue weighted by Gasteiger charge is 2.72. The molecule has 0 amide bonds. The van der Waals surface area contributed by atoms with Gasteiger partial charge in [-0.15, -0.1) is 0 Å². The number of hydrogen-bond acceptors (Lipinski definition) is 13. The summed E-state index contributed by atoms with van der Waals surface area (Å²) in [6.45, 7) is 2.51. The molecule has 4 aliphatic rings. The highest BCUT2D eigenvalue weighted by molar-refractivity contribution is 5.90. The van der Waals surface area contributed by atoms with Crippen LogP contribution in [0.5, 0.6) is 11.5 Å². The molecular weight excluding hydrogens is 630 g/mol. The summed E-state index contributed by atoms with van der Waals surface area (Å²) in [6, 6.07) is 10.9. The van der Waals surface area contributed by atoms with Crippen LogP contribution in [0.25, 0.3) is 0 Å². The number of aliphatic carboxylic acids is 1. The number of nitrogens with zero attached hydrogens (tertiary/aromatic N) is 1. The maximum absolute atomic E-state index is 13.9. The van der Waals surface area contributed by atoms with Gasteiger partial charge in [0.25, 0.3) is 0 Å². The Morgan fingerprint density at radius 1 is 0.958 bits per heavy atom. The summed E-state index contributed by atoms with van der Waals surface area (Å²) >= 11 is 0. The molecule has 1 fully saturated rings. The fourth-order valence-corrected chi connectivity index (χ4v) is 7.66. The van der Waals surface area contributed by atoms with Crippen LogP contribution in [-0.2, 0) is 54.8 Å². The Labute approximate surface area is 275 Å². The standard InChI is InChI=1S/C34H35NO13/c1-17(36)44-27(28(45-18(2)37)32(41)48-25(30(38)39)19-8-6-5-7-9-19)31(40)46-22-12-13-34(42)23-16-20-10-11-21(43-4)26-24(20)33(34,29(22)47-26)14-15-35(23)3/h5-12,23,25,27-29,42H,13-16H2,1-4H3,(H,38,39)/t23-,25-,27+,28+,29+,33+,34-/m0/s1. The molecule has 2 N–H and O–H groups in total. The number of likely N-dealkylation sites (tertiary alicyclic amines) is 1. The molecule has 6 rings (SSSR count). The largest absolute Gasteiger partial charge is 0.493 e. The Hall–Kier alpha value is -4.95. The van der Waals surface area contributed by atoms with Crippen molar-refractivity contribution >= 4 is 29.8 Å². The summed E-state index contributed by atoms with van der Waals surface area (Å²) in [5, 5.41) is 22.2. The Bertz CT molecular complexity index is 1710. The molecule has 7 atom stereocenters. The average molecular weight is 666 g/mol. The topological polar surface area (TPSA) is 184 Å². The Morgan fingerprint density at radius 3 is 2.25 bits per heavy atom.